The fourth-order valence-electron chi connectivity index (χ4n) is 2.42. The van der Waals surface area contributed by atoms with Crippen molar-refractivity contribution in [1.29, 1.82) is 0 Å². The molecule has 0 saturated heterocycles. The Balaban J connectivity index is 1.47. The maximum atomic E-state index is 13.1. The van der Waals surface area contributed by atoms with Gasteiger partial charge < -0.3 is 14.8 Å². The molecule has 0 atom stereocenters. The molecule has 0 spiro atoms. The van der Waals surface area contributed by atoms with Crippen LogP contribution in [0.3, 0.4) is 0 Å². The first-order chi connectivity index (χ1) is 14.0. The van der Waals surface area contributed by atoms with E-state index in [1.165, 1.54) is 24.4 Å². The van der Waals surface area contributed by atoms with Crippen LogP contribution in [0.25, 0.3) is 0 Å². The number of ether oxygens (including phenoxy) is 2. The molecule has 1 aromatic heterocycles. The monoisotopic (exact) mass is 417 g/mol. The van der Waals surface area contributed by atoms with Crippen molar-refractivity contribution >= 4 is 29.3 Å². The summed E-state index contributed by atoms with van der Waals surface area (Å²) in [7, 11) is 0. The lowest BCUT2D eigenvalue weighted by molar-refractivity contribution is -0.149. The molecule has 0 saturated carbocycles. The second kappa shape index (κ2) is 9.70. The van der Waals surface area contributed by atoms with Crippen molar-refractivity contribution in [2.24, 2.45) is 0 Å². The summed E-state index contributed by atoms with van der Waals surface area (Å²) in [6.45, 7) is -0.576. The van der Waals surface area contributed by atoms with Crippen molar-refractivity contribution in [3.8, 4) is 5.75 Å². The molecule has 0 fully saturated rings. The van der Waals surface area contributed by atoms with E-state index in [0.717, 1.165) is 11.6 Å². The zero-order chi connectivity index (χ0) is 20.6. The van der Waals surface area contributed by atoms with Gasteiger partial charge in [-0.15, -0.1) is 0 Å². The number of carbonyl (C=O) groups excluding carboxylic acids is 2. The molecule has 0 aliphatic rings. The molecule has 2 aromatic carbocycles. The number of nitrogens with one attached hydrogen (secondary N) is 1. The number of rotatable bonds is 8. The molecular weight excluding hydrogens is 401 g/mol. The molecule has 1 N–H and O–H groups in total. The lowest BCUT2D eigenvalue weighted by atomic mass is 10.2. The zero-order valence-corrected chi connectivity index (χ0v) is 15.9. The molecule has 3 rings (SSSR count). The molecule has 0 aliphatic carbocycles. The summed E-state index contributed by atoms with van der Waals surface area (Å²) in [4.78, 5) is 23.8. The number of carbonyl (C=O) groups is 2. The lowest BCUT2D eigenvalue weighted by Crippen LogP contribution is -2.25. The highest BCUT2D eigenvalue weighted by Crippen LogP contribution is 2.18. The molecule has 0 aliphatic heterocycles. The molecule has 1 heterocycles. The predicted molar refractivity (Wildman–Crippen MR) is 104 cm³/mol. The second-order valence-electron chi connectivity index (χ2n) is 5.92. The Morgan fingerprint density at radius 2 is 1.93 bits per heavy atom. The van der Waals surface area contributed by atoms with Crippen molar-refractivity contribution in [2.75, 3.05) is 18.5 Å². The van der Waals surface area contributed by atoms with Gasteiger partial charge in [0.25, 0.3) is 5.91 Å². The van der Waals surface area contributed by atoms with Crippen LogP contribution in [0.15, 0.2) is 60.8 Å². The SMILES string of the molecule is O=C(COC(=O)COc1cccc(F)c1)Nc1ccnn1Cc1ccccc1Cl. The number of hydrogen-bond donors (Lipinski definition) is 1. The van der Waals surface area contributed by atoms with Crippen LogP contribution >= 0.6 is 11.6 Å². The van der Waals surface area contributed by atoms with Crippen molar-refractivity contribution in [2.45, 2.75) is 6.54 Å². The number of esters is 1. The van der Waals surface area contributed by atoms with E-state index in [4.69, 9.17) is 21.1 Å². The Morgan fingerprint density at radius 1 is 1.10 bits per heavy atom. The molecule has 1 amide bonds. The van der Waals surface area contributed by atoms with Gasteiger partial charge in [0, 0.05) is 17.2 Å². The summed E-state index contributed by atoms with van der Waals surface area (Å²) in [6.07, 6.45) is 1.53. The Bertz CT molecular complexity index is 1010. The van der Waals surface area contributed by atoms with Gasteiger partial charge in [-0.3, -0.25) is 4.79 Å². The second-order valence-corrected chi connectivity index (χ2v) is 6.33. The van der Waals surface area contributed by atoms with Gasteiger partial charge in [-0.2, -0.15) is 5.10 Å². The fourth-order valence-corrected chi connectivity index (χ4v) is 2.61. The number of halogens is 2. The van der Waals surface area contributed by atoms with Crippen LogP contribution < -0.4 is 10.1 Å². The molecule has 3 aromatic rings. The normalized spacial score (nSPS) is 10.4. The first-order valence-electron chi connectivity index (χ1n) is 8.60. The fraction of sp³-hybridized carbons (Fsp3) is 0.150. The Labute approximate surface area is 171 Å². The van der Waals surface area contributed by atoms with Gasteiger partial charge in [-0.05, 0) is 23.8 Å². The largest absolute Gasteiger partial charge is 0.482 e. The molecule has 9 heteroatoms. The Morgan fingerprint density at radius 3 is 2.72 bits per heavy atom. The zero-order valence-electron chi connectivity index (χ0n) is 15.2. The minimum Gasteiger partial charge on any atom is -0.482 e. The quantitative estimate of drug-likeness (QED) is 0.569. The van der Waals surface area contributed by atoms with Crippen LogP contribution in [-0.2, 0) is 20.9 Å². The molecule has 0 radical (unpaired) electrons. The minimum absolute atomic E-state index is 0.190. The van der Waals surface area contributed by atoms with E-state index < -0.39 is 30.9 Å². The first kappa shape index (κ1) is 20.3. The molecule has 0 bridgehead atoms. The van der Waals surface area contributed by atoms with Crippen LogP contribution in [-0.4, -0.2) is 34.9 Å². The lowest BCUT2D eigenvalue weighted by Gasteiger charge is -2.11. The van der Waals surface area contributed by atoms with Crippen LogP contribution in [0.2, 0.25) is 5.02 Å². The standard InChI is InChI=1S/C20H17ClFN3O4/c21-17-7-2-1-4-14(17)11-25-18(8-9-23-25)24-19(26)12-29-20(27)13-28-16-6-3-5-15(22)10-16/h1-10H,11-13H2,(H,24,26). The molecular formula is C20H17ClFN3O4. The summed E-state index contributed by atoms with van der Waals surface area (Å²) >= 11 is 6.15. The van der Waals surface area contributed by atoms with Gasteiger partial charge in [-0.1, -0.05) is 35.9 Å². The molecule has 150 valence electrons. The smallest absolute Gasteiger partial charge is 0.344 e. The summed E-state index contributed by atoms with van der Waals surface area (Å²) in [6, 6.07) is 14.3. The highest BCUT2D eigenvalue weighted by atomic mass is 35.5. The maximum Gasteiger partial charge on any atom is 0.344 e. The number of anilines is 1. The predicted octanol–water partition coefficient (Wildman–Crippen LogP) is 3.28. The number of aromatic nitrogens is 2. The van der Waals surface area contributed by atoms with Gasteiger partial charge >= 0.3 is 5.97 Å². The van der Waals surface area contributed by atoms with E-state index in [9.17, 15) is 14.0 Å². The van der Waals surface area contributed by atoms with Crippen molar-refractivity contribution < 1.29 is 23.5 Å². The number of benzene rings is 2. The highest BCUT2D eigenvalue weighted by molar-refractivity contribution is 6.31. The van der Waals surface area contributed by atoms with Crippen LogP contribution in [0.1, 0.15) is 5.56 Å². The van der Waals surface area contributed by atoms with Crippen molar-refractivity contribution in [1.82, 2.24) is 9.78 Å². The van der Waals surface area contributed by atoms with Crippen LogP contribution in [0.4, 0.5) is 10.2 Å². The van der Waals surface area contributed by atoms with E-state index >= 15 is 0 Å². The highest BCUT2D eigenvalue weighted by Gasteiger charge is 2.12. The van der Waals surface area contributed by atoms with E-state index in [1.807, 2.05) is 18.2 Å². The first-order valence-corrected chi connectivity index (χ1v) is 8.98. The van der Waals surface area contributed by atoms with E-state index in [-0.39, 0.29) is 5.75 Å². The minimum atomic E-state index is -0.756. The average molecular weight is 418 g/mol. The van der Waals surface area contributed by atoms with Gasteiger partial charge in [0.1, 0.15) is 17.4 Å². The maximum absolute atomic E-state index is 13.1. The van der Waals surface area contributed by atoms with Crippen molar-refractivity contribution in [3.05, 3.63) is 77.2 Å². The Kier molecular flexibility index (Phi) is 6.80. The average Bonchev–Trinajstić information content (AvgIpc) is 3.13. The summed E-state index contributed by atoms with van der Waals surface area (Å²) in [5.41, 5.74) is 0.842. The molecule has 7 nitrogen and oxygen atoms in total. The van der Waals surface area contributed by atoms with E-state index in [2.05, 4.69) is 10.4 Å². The Hall–Kier alpha value is -3.39. The molecule has 29 heavy (non-hydrogen) atoms. The summed E-state index contributed by atoms with van der Waals surface area (Å²) in [5, 5.41) is 7.36. The number of amides is 1. The van der Waals surface area contributed by atoms with Crippen molar-refractivity contribution in [3.63, 3.8) is 0 Å². The topological polar surface area (TPSA) is 82.5 Å². The van der Waals surface area contributed by atoms with Gasteiger partial charge in [0.15, 0.2) is 13.2 Å². The van der Waals surface area contributed by atoms with E-state index in [1.54, 1.807) is 16.8 Å². The van der Waals surface area contributed by atoms with Gasteiger partial charge in [-0.25, -0.2) is 13.9 Å². The number of nitrogens with zero attached hydrogens (tertiary/aromatic N) is 2. The summed E-state index contributed by atoms with van der Waals surface area (Å²) in [5.74, 6) is -1.15. The summed E-state index contributed by atoms with van der Waals surface area (Å²) < 4.78 is 24.6. The third-order valence-electron chi connectivity index (χ3n) is 3.78. The van der Waals surface area contributed by atoms with Gasteiger partial charge in [0.2, 0.25) is 0 Å². The third-order valence-corrected chi connectivity index (χ3v) is 4.15. The number of hydrogen-bond acceptors (Lipinski definition) is 5. The molecule has 0 unspecified atom stereocenters. The van der Waals surface area contributed by atoms with E-state index in [0.29, 0.717) is 17.4 Å². The van der Waals surface area contributed by atoms with Crippen LogP contribution in [0, 0.1) is 5.82 Å². The third kappa shape index (κ3) is 6.05. The van der Waals surface area contributed by atoms with Gasteiger partial charge in [0.05, 0.1) is 12.7 Å². The van der Waals surface area contributed by atoms with Crippen LogP contribution in [0.5, 0.6) is 5.75 Å².